The second-order valence-electron chi connectivity index (χ2n) is 2.90. The molecule has 1 heteroatoms. The number of aromatic hydroxyl groups is 1. The van der Waals surface area contributed by atoms with Crippen LogP contribution in [0.3, 0.4) is 0 Å². The Kier molecular flexibility index (Phi) is 3.74. The maximum atomic E-state index is 9.14. The van der Waals surface area contributed by atoms with Crippen LogP contribution >= 0.6 is 0 Å². The summed E-state index contributed by atoms with van der Waals surface area (Å²) in [6.07, 6.45) is 7.67. The molecule has 1 N–H and O–H groups in total. The highest BCUT2D eigenvalue weighted by atomic mass is 16.3. The first kappa shape index (κ1) is 10.3. The summed E-state index contributed by atoms with van der Waals surface area (Å²) in [6.45, 7) is 5.64. The van der Waals surface area contributed by atoms with Crippen LogP contribution in [-0.2, 0) is 0 Å². The lowest BCUT2D eigenvalue weighted by molar-refractivity contribution is 0.475. The van der Waals surface area contributed by atoms with Gasteiger partial charge < -0.3 is 5.11 Å². The third-order valence-corrected chi connectivity index (χ3v) is 1.84. The van der Waals surface area contributed by atoms with E-state index in [1.54, 1.807) is 18.2 Å². The molecule has 0 fully saturated rings. The molecule has 0 aliphatic heterocycles. The molecule has 0 heterocycles. The summed E-state index contributed by atoms with van der Waals surface area (Å²) in [5.74, 6) is 0.284. The minimum absolute atomic E-state index is 0.284. The van der Waals surface area contributed by atoms with Gasteiger partial charge in [-0.3, -0.25) is 0 Å². The highest BCUT2D eigenvalue weighted by Crippen LogP contribution is 2.19. The molecule has 1 aromatic rings. The van der Waals surface area contributed by atoms with E-state index in [9.17, 15) is 0 Å². The van der Waals surface area contributed by atoms with Crippen molar-refractivity contribution in [2.45, 2.75) is 6.92 Å². The van der Waals surface area contributed by atoms with Crippen LogP contribution in [0.5, 0.6) is 5.75 Å². The van der Waals surface area contributed by atoms with E-state index in [2.05, 4.69) is 6.58 Å². The average Bonchev–Trinajstić information content (AvgIpc) is 2.19. The van der Waals surface area contributed by atoms with Crippen LogP contribution in [0.2, 0.25) is 0 Å². The molecule has 0 saturated heterocycles. The van der Waals surface area contributed by atoms with Gasteiger partial charge in [0, 0.05) is 0 Å². The molecule has 0 spiro atoms. The van der Waals surface area contributed by atoms with Crippen molar-refractivity contribution in [1.29, 1.82) is 0 Å². The van der Waals surface area contributed by atoms with Crippen LogP contribution < -0.4 is 0 Å². The van der Waals surface area contributed by atoms with Gasteiger partial charge in [-0.05, 0) is 30.2 Å². The second kappa shape index (κ2) is 5.07. The van der Waals surface area contributed by atoms with Crippen molar-refractivity contribution in [3.63, 3.8) is 0 Å². The van der Waals surface area contributed by atoms with E-state index in [0.717, 1.165) is 11.1 Å². The largest absolute Gasteiger partial charge is 0.508 e. The molecule has 1 rings (SSSR count). The van der Waals surface area contributed by atoms with Crippen molar-refractivity contribution in [1.82, 2.24) is 0 Å². The monoisotopic (exact) mass is 186 g/mol. The summed E-state index contributed by atoms with van der Waals surface area (Å²) >= 11 is 0. The van der Waals surface area contributed by atoms with Gasteiger partial charge >= 0.3 is 0 Å². The Bertz CT molecular complexity index is 355. The quantitative estimate of drug-likeness (QED) is 0.716. The Morgan fingerprint density at radius 2 is 1.93 bits per heavy atom. The molecule has 0 radical (unpaired) electrons. The number of rotatable bonds is 3. The zero-order valence-electron chi connectivity index (χ0n) is 8.27. The van der Waals surface area contributed by atoms with E-state index in [1.165, 1.54) is 0 Å². The van der Waals surface area contributed by atoms with Gasteiger partial charge in [-0.15, -0.1) is 0 Å². The summed E-state index contributed by atoms with van der Waals surface area (Å²) in [4.78, 5) is 0. The van der Waals surface area contributed by atoms with Crippen molar-refractivity contribution in [3.8, 4) is 5.75 Å². The molecule has 14 heavy (non-hydrogen) atoms. The van der Waals surface area contributed by atoms with Crippen LogP contribution in [-0.4, -0.2) is 5.11 Å². The molecular formula is C13H14O. The molecule has 1 nitrogen and oxygen atoms in total. The first-order chi connectivity index (χ1) is 6.77. The molecule has 0 aromatic heterocycles. The summed E-state index contributed by atoms with van der Waals surface area (Å²) in [7, 11) is 0. The zero-order valence-corrected chi connectivity index (χ0v) is 8.27. The summed E-state index contributed by atoms with van der Waals surface area (Å²) < 4.78 is 0. The van der Waals surface area contributed by atoms with Gasteiger partial charge in [0.15, 0.2) is 0 Å². The van der Waals surface area contributed by atoms with Crippen LogP contribution in [0, 0.1) is 0 Å². The van der Waals surface area contributed by atoms with Gasteiger partial charge in [0.25, 0.3) is 0 Å². The fraction of sp³-hybridized carbons (Fsp3) is 0.0769. The van der Waals surface area contributed by atoms with Gasteiger partial charge in [-0.1, -0.05) is 43.0 Å². The molecular weight excluding hydrogens is 172 g/mol. The molecule has 0 unspecified atom stereocenters. The highest BCUT2D eigenvalue weighted by molar-refractivity contribution is 5.75. The summed E-state index contributed by atoms with van der Waals surface area (Å²) in [5, 5.41) is 9.14. The second-order valence-corrected chi connectivity index (χ2v) is 2.90. The maximum Gasteiger partial charge on any atom is 0.115 e. The minimum atomic E-state index is 0.284. The molecule has 0 atom stereocenters. The number of hydrogen-bond acceptors (Lipinski definition) is 1. The van der Waals surface area contributed by atoms with Crippen LogP contribution in [0.4, 0.5) is 0 Å². The third kappa shape index (κ3) is 2.63. The van der Waals surface area contributed by atoms with Gasteiger partial charge in [0.2, 0.25) is 0 Å². The van der Waals surface area contributed by atoms with Crippen molar-refractivity contribution < 1.29 is 5.11 Å². The summed E-state index contributed by atoms with van der Waals surface area (Å²) in [5.41, 5.74) is 2.16. The van der Waals surface area contributed by atoms with E-state index in [1.807, 2.05) is 37.3 Å². The van der Waals surface area contributed by atoms with Crippen molar-refractivity contribution in [2.75, 3.05) is 0 Å². The van der Waals surface area contributed by atoms with Gasteiger partial charge in [0.1, 0.15) is 5.75 Å². The lowest BCUT2D eigenvalue weighted by atomic mass is 10.1. The number of phenolic OH excluding ortho intramolecular Hbond substituents is 1. The van der Waals surface area contributed by atoms with Crippen LogP contribution in [0.15, 0.2) is 55.1 Å². The predicted molar refractivity (Wildman–Crippen MR) is 61.1 cm³/mol. The first-order valence-electron chi connectivity index (χ1n) is 4.52. The van der Waals surface area contributed by atoms with E-state index in [0.29, 0.717) is 0 Å². The molecule has 0 aliphatic rings. The lowest BCUT2D eigenvalue weighted by Gasteiger charge is -2.01. The Labute approximate surface area is 84.7 Å². The zero-order chi connectivity index (χ0) is 10.4. The van der Waals surface area contributed by atoms with Crippen molar-refractivity contribution in [3.05, 3.63) is 60.7 Å². The molecule has 0 bridgehead atoms. The third-order valence-electron chi connectivity index (χ3n) is 1.84. The first-order valence-corrected chi connectivity index (χ1v) is 4.52. The highest BCUT2D eigenvalue weighted by Gasteiger charge is 1.95. The fourth-order valence-electron chi connectivity index (χ4n) is 1.21. The van der Waals surface area contributed by atoms with Gasteiger partial charge in [-0.2, -0.15) is 0 Å². The number of allylic oxidation sites excluding steroid dienone is 5. The number of hydrogen-bond donors (Lipinski definition) is 1. The van der Waals surface area contributed by atoms with E-state index in [-0.39, 0.29) is 5.75 Å². The van der Waals surface area contributed by atoms with Crippen LogP contribution in [0.1, 0.15) is 12.5 Å². The molecule has 0 saturated carbocycles. The summed E-state index contributed by atoms with van der Waals surface area (Å²) in [6, 6.07) is 7.11. The Hall–Kier alpha value is -1.76. The van der Waals surface area contributed by atoms with E-state index >= 15 is 0 Å². The molecule has 1 aromatic carbocycles. The van der Waals surface area contributed by atoms with Gasteiger partial charge in [0.05, 0.1) is 0 Å². The normalized spacial score (nSPS) is 11.9. The fourth-order valence-corrected chi connectivity index (χ4v) is 1.21. The molecule has 72 valence electrons. The van der Waals surface area contributed by atoms with Crippen molar-refractivity contribution >= 4 is 5.57 Å². The topological polar surface area (TPSA) is 20.2 Å². The Morgan fingerprint density at radius 3 is 2.43 bits per heavy atom. The standard InChI is InChI=1S/C13H14O/c1-3-5-11(6-4-2)12-7-9-13(14)10-8-12/h3-10,14H,1H2,2H3/b6-4-,11-5+. The number of phenols is 1. The predicted octanol–water partition coefficient (Wildman–Crippen LogP) is 3.54. The molecule has 0 amide bonds. The Morgan fingerprint density at radius 1 is 1.29 bits per heavy atom. The lowest BCUT2D eigenvalue weighted by Crippen LogP contribution is -1.79. The Balaban J connectivity index is 3.05. The van der Waals surface area contributed by atoms with E-state index < -0.39 is 0 Å². The molecule has 0 aliphatic carbocycles. The van der Waals surface area contributed by atoms with Gasteiger partial charge in [-0.25, -0.2) is 0 Å². The van der Waals surface area contributed by atoms with Crippen LogP contribution in [0.25, 0.3) is 5.57 Å². The van der Waals surface area contributed by atoms with Crippen molar-refractivity contribution in [2.24, 2.45) is 0 Å². The van der Waals surface area contributed by atoms with E-state index in [4.69, 9.17) is 5.11 Å². The number of benzene rings is 1. The smallest absolute Gasteiger partial charge is 0.115 e. The minimum Gasteiger partial charge on any atom is -0.508 e. The SMILES string of the molecule is C=C/C=C(\C=C/C)c1ccc(O)cc1. The maximum absolute atomic E-state index is 9.14. The average molecular weight is 186 g/mol.